The number of hydrogen-bond acceptors (Lipinski definition) is 6. The van der Waals surface area contributed by atoms with Crippen LogP contribution in [0.3, 0.4) is 0 Å². The summed E-state index contributed by atoms with van der Waals surface area (Å²) in [7, 11) is 2.01. The molecule has 7 nitrogen and oxygen atoms in total. The van der Waals surface area contributed by atoms with Crippen molar-refractivity contribution in [2.45, 2.75) is 32.2 Å². The van der Waals surface area contributed by atoms with Crippen LogP contribution < -0.4 is 0 Å². The molecule has 3 aromatic rings. The van der Waals surface area contributed by atoms with E-state index in [1.54, 1.807) is 12.4 Å². The lowest BCUT2D eigenvalue weighted by Gasteiger charge is -2.32. The van der Waals surface area contributed by atoms with Crippen LogP contribution in [-0.2, 0) is 13.6 Å². The van der Waals surface area contributed by atoms with Crippen molar-refractivity contribution in [2.24, 2.45) is 7.05 Å². The summed E-state index contributed by atoms with van der Waals surface area (Å²) in [4.78, 5) is 24.7. The van der Waals surface area contributed by atoms with Gasteiger partial charge in [0.05, 0.1) is 29.5 Å². The highest BCUT2D eigenvalue weighted by Crippen LogP contribution is 2.27. The summed E-state index contributed by atoms with van der Waals surface area (Å²) in [6.07, 6.45) is 13.2. The molecule has 0 radical (unpaired) electrons. The Morgan fingerprint density at radius 2 is 2.00 bits per heavy atom. The lowest BCUT2D eigenvalue weighted by atomic mass is 9.95. The summed E-state index contributed by atoms with van der Waals surface area (Å²) in [5, 5.41) is 0. The molecule has 1 atom stereocenters. The van der Waals surface area contributed by atoms with Crippen LogP contribution in [0.2, 0.25) is 0 Å². The van der Waals surface area contributed by atoms with Crippen molar-refractivity contribution < 1.29 is 0 Å². The van der Waals surface area contributed by atoms with Crippen molar-refractivity contribution in [3.8, 4) is 11.4 Å². The Hall–Kier alpha value is -2.67. The standard InChI is InChI=1S/C19H23N7/c1-14-23-11-19(25(14)2)18-10-21-9-17(24-18)15-4-3-7-26(12-15)13-16-8-20-5-6-22-16/h5-6,8-11,15H,3-4,7,12-13H2,1-2H3. The minimum Gasteiger partial charge on any atom is -0.330 e. The number of piperidine rings is 1. The Balaban J connectivity index is 1.52. The number of rotatable bonds is 4. The van der Waals surface area contributed by atoms with Gasteiger partial charge < -0.3 is 4.57 Å². The van der Waals surface area contributed by atoms with Gasteiger partial charge >= 0.3 is 0 Å². The molecule has 1 fully saturated rings. The van der Waals surface area contributed by atoms with Gasteiger partial charge in [0.2, 0.25) is 0 Å². The van der Waals surface area contributed by atoms with Crippen molar-refractivity contribution in [3.63, 3.8) is 0 Å². The van der Waals surface area contributed by atoms with Crippen molar-refractivity contribution >= 4 is 0 Å². The largest absolute Gasteiger partial charge is 0.330 e. The molecule has 1 unspecified atom stereocenters. The molecule has 0 spiro atoms. The monoisotopic (exact) mass is 349 g/mol. The molecule has 7 heteroatoms. The maximum Gasteiger partial charge on any atom is 0.107 e. The van der Waals surface area contributed by atoms with Gasteiger partial charge in [0, 0.05) is 50.8 Å². The summed E-state index contributed by atoms with van der Waals surface area (Å²) in [6.45, 7) is 4.88. The Morgan fingerprint density at radius 3 is 2.77 bits per heavy atom. The minimum atomic E-state index is 0.391. The van der Waals surface area contributed by atoms with E-state index in [1.807, 2.05) is 38.8 Å². The van der Waals surface area contributed by atoms with Crippen LogP contribution >= 0.6 is 0 Å². The lowest BCUT2D eigenvalue weighted by molar-refractivity contribution is 0.196. The van der Waals surface area contributed by atoms with E-state index in [4.69, 9.17) is 4.98 Å². The molecule has 0 bridgehead atoms. The van der Waals surface area contributed by atoms with Gasteiger partial charge in [0.1, 0.15) is 11.5 Å². The van der Waals surface area contributed by atoms with Crippen LogP contribution in [0.25, 0.3) is 11.4 Å². The van der Waals surface area contributed by atoms with Gasteiger partial charge in [-0.2, -0.15) is 0 Å². The first-order chi connectivity index (χ1) is 12.7. The quantitative estimate of drug-likeness (QED) is 0.720. The SMILES string of the molecule is Cc1ncc(-c2cncc(C3CCCN(Cc4cnccn4)C3)n2)n1C. The van der Waals surface area contributed by atoms with E-state index in [-0.39, 0.29) is 0 Å². The van der Waals surface area contributed by atoms with Crippen LogP contribution in [0.4, 0.5) is 0 Å². The van der Waals surface area contributed by atoms with E-state index >= 15 is 0 Å². The molecular weight excluding hydrogens is 326 g/mol. The highest BCUT2D eigenvalue weighted by atomic mass is 15.1. The van der Waals surface area contributed by atoms with Crippen molar-refractivity contribution in [3.05, 3.63) is 54.4 Å². The van der Waals surface area contributed by atoms with Crippen LogP contribution in [0.1, 0.15) is 36.0 Å². The molecule has 4 heterocycles. The Morgan fingerprint density at radius 1 is 1.08 bits per heavy atom. The van der Waals surface area contributed by atoms with Crippen LogP contribution in [0, 0.1) is 6.92 Å². The number of likely N-dealkylation sites (tertiary alicyclic amines) is 1. The third-order valence-corrected chi connectivity index (χ3v) is 5.06. The van der Waals surface area contributed by atoms with Crippen LogP contribution in [0.15, 0.2) is 37.2 Å². The molecule has 3 aromatic heterocycles. The summed E-state index contributed by atoms with van der Waals surface area (Å²) in [5.41, 5.74) is 3.96. The summed E-state index contributed by atoms with van der Waals surface area (Å²) in [5.74, 6) is 1.36. The molecule has 1 aliphatic heterocycles. The fourth-order valence-electron chi connectivity index (χ4n) is 3.52. The molecule has 0 saturated carbocycles. The molecule has 134 valence electrons. The molecule has 1 aliphatic rings. The Bertz CT molecular complexity index is 875. The van der Waals surface area contributed by atoms with Gasteiger partial charge in [-0.25, -0.2) is 9.97 Å². The predicted molar refractivity (Wildman–Crippen MR) is 98.3 cm³/mol. The average molecular weight is 349 g/mol. The number of hydrogen-bond donors (Lipinski definition) is 0. The number of imidazole rings is 1. The van der Waals surface area contributed by atoms with E-state index in [0.29, 0.717) is 5.92 Å². The van der Waals surface area contributed by atoms with Crippen molar-refractivity contribution in [1.29, 1.82) is 0 Å². The van der Waals surface area contributed by atoms with Gasteiger partial charge in [-0.3, -0.25) is 19.9 Å². The summed E-state index contributed by atoms with van der Waals surface area (Å²) < 4.78 is 2.05. The third kappa shape index (κ3) is 3.48. The predicted octanol–water partition coefficient (Wildman–Crippen LogP) is 2.36. The highest BCUT2D eigenvalue weighted by molar-refractivity contribution is 5.53. The zero-order valence-electron chi connectivity index (χ0n) is 15.2. The summed E-state index contributed by atoms with van der Waals surface area (Å²) in [6, 6.07) is 0. The minimum absolute atomic E-state index is 0.391. The zero-order valence-corrected chi connectivity index (χ0v) is 15.2. The third-order valence-electron chi connectivity index (χ3n) is 5.06. The molecule has 0 amide bonds. The van der Waals surface area contributed by atoms with Gasteiger partial charge in [-0.15, -0.1) is 0 Å². The van der Waals surface area contributed by atoms with Gasteiger partial charge in [-0.05, 0) is 26.3 Å². The lowest BCUT2D eigenvalue weighted by Crippen LogP contribution is -2.34. The van der Waals surface area contributed by atoms with Gasteiger partial charge in [0.15, 0.2) is 0 Å². The molecule has 26 heavy (non-hydrogen) atoms. The number of aromatic nitrogens is 6. The second-order valence-electron chi connectivity index (χ2n) is 6.85. The molecule has 1 saturated heterocycles. The first-order valence-corrected chi connectivity index (χ1v) is 8.98. The number of aryl methyl sites for hydroxylation is 1. The fraction of sp³-hybridized carbons (Fsp3) is 0.421. The Kier molecular flexibility index (Phi) is 4.71. The molecule has 0 aliphatic carbocycles. The Labute approximate surface area is 153 Å². The van der Waals surface area contributed by atoms with Crippen molar-refractivity contribution in [1.82, 2.24) is 34.4 Å². The zero-order chi connectivity index (χ0) is 17.9. The number of nitrogens with zero attached hydrogens (tertiary/aromatic N) is 7. The van der Waals surface area contributed by atoms with E-state index in [0.717, 1.165) is 61.1 Å². The second kappa shape index (κ2) is 7.29. The second-order valence-corrected chi connectivity index (χ2v) is 6.85. The van der Waals surface area contributed by atoms with E-state index in [9.17, 15) is 0 Å². The van der Waals surface area contributed by atoms with Crippen LogP contribution in [0.5, 0.6) is 0 Å². The average Bonchev–Trinajstić information content (AvgIpc) is 3.02. The van der Waals surface area contributed by atoms with Gasteiger partial charge in [-0.1, -0.05) is 0 Å². The summed E-state index contributed by atoms with van der Waals surface area (Å²) >= 11 is 0. The highest BCUT2D eigenvalue weighted by Gasteiger charge is 2.23. The maximum atomic E-state index is 4.90. The smallest absolute Gasteiger partial charge is 0.107 e. The maximum absolute atomic E-state index is 4.90. The molecule has 0 N–H and O–H groups in total. The molecular formula is C19H23N7. The fourth-order valence-corrected chi connectivity index (χ4v) is 3.52. The molecule has 0 aromatic carbocycles. The van der Waals surface area contributed by atoms with E-state index < -0.39 is 0 Å². The van der Waals surface area contributed by atoms with E-state index in [2.05, 4.69) is 29.4 Å². The van der Waals surface area contributed by atoms with E-state index in [1.165, 1.54) is 0 Å². The van der Waals surface area contributed by atoms with Gasteiger partial charge in [0.25, 0.3) is 0 Å². The van der Waals surface area contributed by atoms with Crippen molar-refractivity contribution in [2.75, 3.05) is 13.1 Å². The topological polar surface area (TPSA) is 72.6 Å². The normalized spacial score (nSPS) is 18.2. The first-order valence-electron chi connectivity index (χ1n) is 8.98. The van der Waals surface area contributed by atoms with Crippen LogP contribution in [-0.4, -0.2) is 47.5 Å². The first kappa shape index (κ1) is 16.8. The molecule has 4 rings (SSSR count).